The Morgan fingerprint density at radius 1 is 1.21 bits per heavy atom. The van der Waals surface area contributed by atoms with Crippen molar-refractivity contribution in [2.75, 3.05) is 32.0 Å². The fourth-order valence-electron chi connectivity index (χ4n) is 1.47. The first kappa shape index (κ1) is 17.8. The summed E-state index contributed by atoms with van der Waals surface area (Å²) in [6.07, 6.45) is 2.84. The van der Waals surface area contributed by atoms with Crippen LogP contribution in [0.4, 0.5) is 5.69 Å². The quantitative estimate of drug-likeness (QED) is 0.226. The Morgan fingerprint density at radius 2 is 1.95 bits per heavy atom. The van der Waals surface area contributed by atoms with Gasteiger partial charge in [-0.25, -0.2) is 0 Å². The minimum absolute atomic E-state index is 0. The predicted octanol–water partition coefficient (Wildman–Crippen LogP) is 2.46. The van der Waals surface area contributed by atoms with E-state index in [4.69, 9.17) is 0 Å². The molecule has 0 saturated carbocycles. The van der Waals surface area contributed by atoms with Gasteiger partial charge >= 0.3 is 0 Å². The lowest BCUT2D eigenvalue weighted by Crippen LogP contribution is -2.38. The molecule has 0 aliphatic carbocycles. The maximum Gasteiger partial charge on any atom is 0.191 e. The number of halogens is 1. The number of hydrogen-bond donors (Lipinski definition) is 3. The molecular weight excluding hydrogens is 351 g/mol. The summed E-state index contributed by atoms with van der Waals surface area (Å²) in [5.41, 5.74) is 1.16. The zero-order valence-electron chi connectivity index (χ0n) is 11.4. The van der Waals surface area contributed by atoms with Crippen molar-refractivity contribution in [1.29, 1.82) is 0 Å². The van der Waals surface area contributed by atoms with Crippen molar-refractivity contribution in [3.05, 3.63) is 43.0 Å². The smallest absolute Gasteiger partial charge is 0.191 e. The van der Waals surface area contributed by atoms with Crippen LogP contribution in [-0.2, 0) is 0 Å². The Hall–Kier alpha value is -1.24. The highest BCUT2D eigenvalue weighted by Gasteiger charge is 1.94. The number of guanidine groups is 1. The van der Waals surface area contributed by atoms with E-state index in [1.165, 1.54) is 0 Å². The van der Waals surface area contributed by atoms with Gasteiger partial charge in [-0.3, -0.25) is 4.99 Å². The number of para-hydroxylation sites is 1. The minimum atomic E-state index is 0. The van der Waals surface area contributed by atoms with Crippen LogP contribution >= 0.6 is 24.0 Å². The molecule has 19 heavy (non-hydrogen) atoms. The molecule has 0 amide bonds. The first-order valence-electron chi connectivity index (χ1n) is 6.21. The third-order valence-corrected chi connectivity index (χ3v) is 2.39. The molecule has 0 unspecified atom stereocenters. The first-order valence-corrected chi connectivity index (χ1v) is 6.21. The van der Waals surface area contributed by atoms with E-state index in [0.29, 0.717) is 0 Å². The highest BCUT2D eigenvalue weighted by molar-refractivity contribution is 14.0. The Labute approximate surface area is 132 Å². The van der Waals surface area contributed by atoms with Crippen LogP contribution in [0.5, 0.6) is 0 Å². The summed E-state index contributed by atoms with van der Waals surface area (Å²) in [5, 5.41) is 9.73. The molecule has 3 N–H and O–H groups in total. The predicted molar refractivity (Wildman–Crippen MR) is 94.5 cm³/mol. The van der Waals surface area contributed by atoms with Gasteiger partial charge < -0.3 is 16.0 Å². The molecule has 1 aromatic carbocycles. The second kappa shape index (κ2) is 11.8. The maximum absolute atomic E-state index is 4.11. The summed E-state index contributed by atoms with van der Waals surface area (Å²) < 4.78 is 0. The molecule has 0 bridgehead atoms. The molecule has 0 spiro atoms. The van der Waals surface area contributed by atoms with Gasteiger partial charge in [-0.15, -0.1) is 30.6 Å². The monoisotopic (exact) mass is 374 g/mol. The van der Waals surface area contributed by atoms with Crippen molar-refractivity contribution in [3.63, 3.8) is 0 Å². The normalized spacial score (nSPS) is 10.3. The van der Waals surface area contributed by atoms with Gasteiger partial charge in [-0.1, -0.05) is 24.3 Å². The molecule has 4 nitrogen and oxygen atoms in total. The van der Waals surface area contributed by atoms with E-state index in [9.17, 15) is 0 Å². The zero-order chi connectivity index (χ0) is 13.1. The number of nitrogens with one attached hydrogen (secondary N) is 3. The molecule has 0 fully saturated rings. The van der Waals surface area contributed by atoms with Gasteiger partial charge in [0.2, 0.25) is 0 Å². The van der Waals surface area contributed by atoms with Gasteiger partial charge in [-0.05, 0) is 18.6 Å². The van der Waals surface area contributed by atoms with Gasteiger partial charge in [0.05, 0.1) is 0 Å². The topological polar surface area (TPSA) is 48.5 Å². The van der Waals surface area contributed by atoms with Crippen LogP contribution in [-0.4, -0.2) is 32.6 Å². The molecule has 1 aromatic rings. The molecule has 0 heterocycles. The summed E-state index contributed by atoms with van der Waals surface area (Å²) in [4.78, 5) is 4.11. The highest BCUT2D eigenvalue weighted by atomic mass is 127. The second-order valence-corrected chi connectivity index (χ2v) is 3.81. The number of hydrogen-bond acceptors (Lipinski definition) is 2. The second-order valence-electron chi connectivity index (χ2n) is 3.81. The lowest BCUT2D eigenvalue weighted by atomic mass is 10.3. The molecule has 0 radical (unpaired) electrons. The molecule has 0 aliphatic rings. The molecule has 0 aliphatic heterocycles. The number of anilines is 1. The van der Waals surface area contributed by atoms with Crippen molar-refractivity contribution < 1.29 is 0 Å². The van der Waals surface area contributed by atoms with E-state index >= 15 is 0 Å². The number of nitrogens with zero attached hydrogens (tertiary/aromatic N) is 1. The van der Waals surface area contributed by atoms with Gasteiger partial charge in [0.1, 0.15) is 0 Å². The van der Waals surface area contributed by atoms with Gasteiger partial charge in [0, 0.05) is 32.4 Å². The Balaban J connectivity index is 0.00000324. The van der Waals surface area contributed by atoms with Crippen molar-refractivity contribution in [2.45, 2.75) is 6.42 Å². The van der Waals surface area contributed by atoms with Crippen LogP contribution in [0.2, 0.25) is 0 Å². The standard InChI is InChI=1S/C14H22N4.HI/c1-3-10-17-14(15-2)18-12-7-11-16-13-8-5-4-6-9-13;/h3-6,8-9,16H,1,7,10-12H2,2H3,(H2,15,17,18);1H. The van der Waals surface area contributed by atoms with Crippen LogP contribution in [0.1, 0.15) is 6.42 Å². The van der Waals surface area contributed by atoms with Crippen LogP contribution < -0.4 is 16.0 Å². The third kappa shape index (κ3) is 8.47. The molecule has 1 rings (SSSR count). The number of rotatable bonds is 7. The van der Waals surface area contributed by atoms with Gasteiger partial charge in [0.25, 0.3) is 0 Å². The van der Waals surface area contributed by atoms with Crippen molar-refractivity contribution in [1.82, 2.24) is 10.6 Å². The van der Waals surface area contributed by atoms with Crippen LogP contribution in [0, 0.1) is 0 Å². The Bertz CT molecular complexity index is 365. The zero-order valence-corrected chi connectivity index (χ0v) is 13.7. The Kier molecular flexibility index (Phi) is 11.1. The van der Waals surface area contributed by atoms with Crippen molar-refractivity contribution in [2.24, 2.45) is 4.99 Å². The molecular formula is C14H23IN4. The van der Waals surface area contributed by atoms with Crippen LogP contribution in [0.15, 0.2) is 48.0 Å². The minimum Gasteiger partial charge on any atom is -0.385 e. The maximum atomic E-state index is 4.11. The SMILES string of the molecule is C=CCNC(=NC)NCCCNc1ccccc1.I. The summed E-state index contributed by atoms with van der Waals surface area (Å²) in [5.74, 6) is 0.814. The molecule has 0 aromatic heterocycles. The van der Waals surface area contributed by atoms with E-state index in [-0.39, 0.29) is 24.0 Å². The van der Waals surface area contributed by atoms with E-state index < -0.39 is 0 Å². The highest BCUT2D eigenvalue weighted by Crippen LogP contribution is 2.03. The largest absolute Gasteiger partial charge is 0.385 e. The molecule has 0 saturated heterocycles. The summed E-state index contributed by atoms with van der Waals surface area (Å²) in [6.45, 7) is 6.20. The van der Waals surface area contributed by atoms with Crippen LogP contribution in [0.3, 0.4) is 0 Å². The lowest BCUT2D eigenvalue weighted by Gasteiger charge is -2.11. The molecule has 0 atom stereocenters. The average Bonchev–Trinajstić information content (AvgIpc) is 2.43. The number of benzene rings is 1. The fourth-order valence-corrected chi connectivity index (χ4v) is 1.47. The molecule has 106 valence electrons. The Morgan fingerprint density at radius 3 is 2.58 bits per heavy atom. The third-order valence-electron chi connectivity index (χ3n) is 2.39. The summed E-state index contributed by atoms with van der Waals surface area (Å²) in [6, 6.07) is 10.2. The fraction of sp³-hybridized carbons (Fsp3) is 0.357. The van der Waals surface area contributed by atoms with Gasteiger partial charge in [-0.2, -0.15) is 0 Å². The number of aliphatic imine (C=N–C) groups is 1. The van der Waals surface area contributed by atoms with E-state index in [2.05, 4.69) is 39.7 Å². The summed E-state index contributed by atoms with van der Waals surface area (Å²) in [7, 11) is 1.76. The summed E-state index contributed by atoms with van der Waals surface area (Å²) >= 11 is 0. The van der Waals surface area contributed by atoms with Gasteiger partial charge in [0.15, 0.2) is 5.96 Å². The van der Waals surface area contributed by atoms with E-state index in [1.807, 2.05) is 24.3 Å². The van der Waals surface area contributed by atoms with E-state index in [1.54, 1.807) is 7.05 Å². The van der Waals surface area contributed by atoms with E-state index in [0.717, 1.165) is 37.7 Å². The average molecular weight is 374 g/mol. The lowest BCUT2D eigenvalue weighted by molar-refractivity contribution is 0.778. The van der Waals surface area contributed by atoms with Crippen molar-refractivity contribution >= 4 is 35.6 Å². The molecule has 5 heteroatoms. The first-order chi connectivity index (χ1) is 8.86. The van der Waals surface area contributed by atoms with Crippen LogP contribution in [0.25, 0.3) is 0 Å². The van der Waals surface area contributed by atoms with Crippen molar-refractivity contribution in [3.8, 4) is 0 Å².